The van der Waals surface area contributed by atoms with Crippen molar-refractivity contribution in [1.29, 1.82) is 5.26 Å². The van der Waals surface area contributed by atoms with Crippen LogP contribution in [0.4, 0.5) is 5.69 Å². The minimum absolute atomic E-state index is 0.101. The summed E-state index contributed by atoms with van der Waals surface area (Å²) in [6, 6.07) is 8.76. The standard InChI is InChI=1S/C20H20N4O2S/c1-3-4-5-9-24-12-22-19-16(20(24)26)13(2)17(27-19)18(25)23-15-8-6-7-14(10-15)11-21/h6-8,10,12H,3-5,9H2,1-2H3,(H,23,25). The van der Waals surface area contributed by atoms with E-state index in [9.17, 15) is 9.59 Å². The molecule has 0 spiro atoms. The Morgan fingerprint density at radius 1 is 1.37 bits per heavy atom. The molecule has 0 unspecified atom stereocenters. The van der Waals surface area contributed by atoms with Crippen molar-refractivity contribution in [2.24, 2.45) is 0 Å². The van der Waals surface area contributed by atoms with Gasteiger partial charge in [-0.1, -0.05) is 25.8 Å². The molecule has 27 heavy (non-hydrogen) atoms. The van der Waals surface area contributed by atoms with Gasteiger partial charge in [-0.15, -0.1) is 11.3 Å². The smallest absolute Gasteiger partial charge is 0.266 e. The van der Waals surface area contributed by atoms with E-state index in [0.29, 0.717) is 38.5 Å². The summed E-state index contributed by atoms with van der Waals surface area (Å²) < 4.78 is 1.62. The molecule has 3 rings (SSSR count). The molecule has 0 fully saturated rings. The van der Waals surface area contributed by atoms with E-state index in [4.69, 9.17) is 5.26 Å². The largest absolute Gasteiger partial charge is 0.321 e. The maximum atomic E-state index is 12.8. The molecule has 2 heterocycles. The molecule has 0 radical (unpaired) electrons. The lowest BCUT2D eigenvalue weighted by Crippen LogP contribution is -2.20. The van der Waals surface area contributed by atoms with Gasteiger partial charge >= 0.3 is 0 Å². The molecule has 2 aromatic heterocycles. The number of aromatic nitrogens is 2. The number of nitrogens with one attached hydrogen (secondary N) is 1. The van der Waals surface area contributed by atoms with E-state index in [1.54, 1.807) is 42.1 Å². The predicted octanol–water partition coefficient (Wildman–Crippen LogP) is 4.08. The van der Waals surface area contributed by atoms with Gasteiger partial charge in [0, 0.05) is 12.2 Å². The molecule has 6 nitrogen and oxygen atoms in total. The van der Waals surface area contributed by atoms with Crippen LogP contribution in [0.1, 0.15) is 47.0 Å². The van der Waals surface area contributed by atoms with Crippen LogP contribution in [0.25, 0.3) is 10.2 Å². The highest BCUT2D eigenvalue weighted by Crippen LogP contribution is 2.27. The first-order valence-electron chi connectivity index (χ1n) is 8.85. The zero-order valence-electron chi connectivity index (χ0n) is 15.3. The van der Waals surface area contributed by atoms with Gasteiger partial charge in [0.15, 0.2) is 0 Å². The number of unbranched alkanes of at least 4 members (excludes halogenated alkanes) is 2. The summed E-state index contributed by atoms with van der Waals surface area (Å²) in [6.45, 7) is 4.52. The Bertz CT molecular complexity index is 1090. The van der Waals surface area contributed by atoms with Crippen LogP contribution in [0.2, 0.25) is 0 Å². The number of hydrogen-bond donors (Lipinski definition) is 1. The molecule has 3 aromatic rings. The van der Waals surface area contributed by atoms with Crippen molar-refractivity contribution in [3.63, 3.8) is 0 Å². The van der Waals surface area contributed by atoms with Gasteiger partial charge in [-0.05, 0) is 37.1 Å². The Hall–Kier alpha value is -2.98. The third kappa shape index (κ3) is 3.91. The van der Waals surface area contributed by atoms with Crippen molar-refractivity contribution in [2.45, 2.75) is 39.7 Å². The summed E-state index contributed by atoms with van der Waals surface area (Å²) in [5.41, 5.74) is 1.56. The van der Waals surface area contributed by atoms with Crippen LogP contribution in [0, 0.1) is 18.3 Å². The number of rotatable bonds is 6. The molecule has 1 N–H and O–H groups in total. The molecular formula is C20H20N4O2S. The topological polar surface area (TPSA) is 87.8 Å². The number of aryl methyl sites for hydroxylation is 2. The summed E-state index contributed by atoms with van der Waals surface area (Å²) in [4.78, 5) is 30.9. The maximum absolute atomic E-state index is 12.8. The molecule has 0 saturated carbocycles. The first kappa shape index (κ1) is 18.8. The van der Waals surface area contributed by atoms with Crippen LogP contribution in [-0.4, -0.2) is 15.5 Å². The quantitative estimate of drug-likeness (QED) is 0.653. The third-order valence-corrected chi connectivity index (χ3v) is 5.57. The molecule has 7 heteroatoms. The Morgan fingerprint density at radius 2 is 2.19 bits per heavy atom. The molecule has 1 amide bonds. The zero-order valence-corrected chi connectivity index (χ0v) is 16.1. The summed E-state index contributed by atoms with van der Waals surface area (Å²) in [6.07, 6.45) is 4.63. The monoisotopic (exact) mass is 380 g/mol. The van der Waals surface area contributed by atoms with Crippen molar-refractivity contribution in [3.8, 4) is 6.07 Å². The molecule has 1 aromatic carbocycles. The van der Waals surface area contributed by atoms with Crippen molar-refractivity contribution in [2.75, 3.05) is 5.32 Å². The first-order chi connectivity index (χ1) is 13.0. The number of nitrogens with zero attached hydrogens (tertiary/aromatic N) is 3. The molecule has 138 valence electrons. The fourth-order valence-electron chi connectivity index (χ4n) is 2.92. The average Bonchev–Trinajstić information content (AvgIpc) is 3.01. The lowest BCUT2D eigenvalue weighted by Gasteiger charge is -2.05. The molecule has 0 aliphatic heterocycles. The van der Waals surface area contributed by atoms with Gasteiger partial charge in [0.05, 0.1) is 28.2 Å². The van der Waals surface area contributed by atoms with E-state index in [-0.39, 0.29) is 11.5 Å². The van der Waals surface area contributed by atoms with E-state index < -0.39 is 0 Å². The molecule has 0 aliphatic rings. The van der Waals surface area contributed by atoms with Gasteiger partial charge < -0.3 is 5.32 Å². The second kappa shape index (κ2) is 8.14. The lowest BCUT2D eigenvalue weighted by molar-refractivity contribution is 0.103. The Kier molecular flexibility index (Phi) is 5.67. The van der Waals surface area contributed by atoms with E-state index >= 15 is 0 Å². The molecule has 0 bridgehead atoms. The number of carbonyl (C=O) groups excluding carboxylic acids is 1. The highest BCUT2D eigenvalue weighted by molar-refractivity contribution is 7.20. The number of carbonyl (C=O) groups is 1. The summed E-state index contributed by atoms with van der Waals surface area (Å²) >= 11 is 1.21. The van der Waals surface area contributed by atoms with E-state index in [1.165, 1.54) is 11.3 Å². The fourth-order valence-corrected chi connectivity index (χ4v) is 3.96. The number of thiophene rings is 1. The van der Waals surface area contributed by atoms with Crippen LogP contribution >= 0.6 is 11.3 Å². The van der Waals surface area contributed by atoms with Gasteiger partial charge in [0.1, 0.15) is 4.83 Å². The lowest BCUT2D eigenvalue weighted by atomic mass is 10.2. The molecule has 0 atom stereocenters. The molecule has 0 aliphatic carbocycles. The number of hydrogen-bond acceptors (Lipinski definition) is 5. The Morgan fingerprint density at radius 3 is 2.93 bits per heavy atom. The first-order valence-corrected chi connectivity index (χ1v) is 9.66. The third-order valence-electron chi connectivity index (χ3n) is 4.38. The summed E-state index contributed by atoms with van der Waals surface area (Å²) in [7, 11) is 0. The van der Waals surface area contributed by atoms with Crippen LogP contribution in [-0.2, 0) is 6.54 Å². The van der Waals surface area contributed by atoms with Crippen molar-refractivity contribution in [3.05, 3.63) is 57.0 Å². The van der Waals surface area contributed by atoms with Crippen LogP contribution < -0.4 is 10.9 Å². The maximum Gasteiger partial charge on any atom is 0.266 e. The van der Waals surface area contributed by atoms with Gasteiger partial charge in [-0.2, -0.15) is 5.26 Å². The second-order valence-electron chi connectivity index (χ2n) is 6.33. The number of nitriles is 1. The minimum Gasteiger partial charge on any atom is -0.321 e. The van der Waals surface area contributed by atoms with Crippen molar-refractivity contribution < 1.29 is 4.79 Å². The highest BCUT2D eigenvalue weighted by atomic mass is 32.1. The highest BCUT2D eigenvalue weighted by Gasteiger charge is 2.19. The van der Waals surface area contributed by atoms with Crippen molar-refractivity contribution >= 4 is 33.1 Å². The second-order valence-corrected chi connectivity index (χ2v) is 7.33. The van der Waals surface area contributed by atoms with Gasteiger partial charge in [-0.3, -0.25) is 14.2 Å². The van der Waals surface area contributed by atoms with Gasteiger partial charge in [0.25, 0.3) is 11.5 Å². The average molecular weight is 380 g/mol. The van der Waals surface area contributed by atoms with Crippen molar-refractivity contribution in [1.82, 2.24) is 9.55 Å². The molecule has 0 saturated heterocycles. The van der Waals surface area contributed by atoms with Crippen LogP contribution in [0.5, 0.6) is 0 Å². The fraction of sp³-hybridized carbons (Fsp3) is 0.300. The van der Waals surface area contributed by atoms with Gasteiger partial charge in [0.2, 0.25) is 0 Å². The number of fused-ring (bicyclic) bond motifs is 1. The number of benzene rings is 1. The molecular weight excluding hydrogens is 360 g/mol. The Balaban J connectivity index is 1.92. The number of anilines is 1. The minimum atomic E-state index is -0.303. The SMILES string of the molecule is CCCCCn1cnc2sc(C(=O)Nc3cccc(C#N)c3)c(C)c2c1=O. The number of amides is 1. The Labute approximate surface area is 161 Å². The van der Waals surface area contributed by atoms with Gasteiger partial charge in [-0.25, -0.2) is 4.98 Å². The predicted molar refractivity (Wildman–Crippen MR) is 107 cm³/mol. The van der Waals surface area contributed by atoms with Crippen LogP contribution in [0.15, 0.2) is 35.4 Å². The summed E-state index contributed by atoms with van der Waals surface area (Å²) in [5.74, 6) is -0.303. The summed E-state index contributed by atoms with van der Waals surface area (Å²) in [5, 5.41) is 12.3. The van der Waals surface area contributed by atoms with E-state index in [1.807, 2.05) is 6.07 Å². The zero-order chi connectivity index (χ0) is 19.4. The van der Waals surface area contributed by atoms with E-state index in [0.717, 1.165) is 19.3 Å². The van der Waals surface area contributed by atoms with Crippen LogP contribution in [0.3, 0.4) is 0 Å². The normalized spacial score (nSPS) is 10.7. The van der Waals surface area contributed by atoms with E-state index in [2.05, 4.69) is 17.2 Å².